The lowest BCUT2D eigenvalue weighted by molar-refractivity contribution is -0.137. The third-order valence-electron chi connectivity index (χ3n) is 5.83. The van der Waals surface area contributed by atoms with Crippen LogP contribution in [0.2, 0.25) is 0 Å². The van der Waals surface area contributed by atoms with Crippen LogP contribution in [0.3, 0.4) is 0 Å². The largest absolute Gasteiger partial charge is 0.416 e. The molecule has 0 aliphatic rings. The molecule has 190 valence electrons. The lowest BCUT2D eigenvalue weighted by Crippen LogP contribution is -2.05. The molecule has 3 aromatic carbocycles. The number of aryl methyl sites for hydroxylation is 2. The van der Waals surface area contributed by atoms with Gasteiger partial charge in [-0.15, -0.1) is 11.8 Å². The Bertz CT molecular complexity index is 1510. The van der Waals surface area contributed by atoms with E-state index in [9.17, 15) is 18.4 Å². The quantitative estimate of drug-likeness (QED) is 0.225. The number of hydrogen-bond acceptors (Lipinski definition) is 3. The van der Waals surface area contributed by atoms with E-state index in [1.807, 2.05) is 92.7 Å². The van der Waals surface area contributed by atoms with E-state index in [1.54, 1.807) is 6.07 Å². The lowest BCUT2D eigenvalue weighted by Gasteiger charge is -2.10. The number of nitriles is 1. The zero-order valence-corrected chi connectivity index (χ0v) is 21.8. The van der Waals surface area contributed by atoms with Gasteiger partial charge in [-0.3, -0.25) is 0 Å². The molecule has 0 fully saturated rings. The Labute approximate surface area is 225 Å². The second-order valence-electron chi connectivity index (χ2n) is 8.90. The van der Waals surface area contributed by atoms with Crippen LogP contribution in [-0.4, -0.2) is 4.98 Å². The van der Waals surface area contributed by atoms with Crippen LogP contribution >= 0.6 is 11.8 Å². The van der Waals surface area contributed by atoms with Gasteiger partial charge in [-0.25, -0.2) is 4.98 Å². The number of alkyl halides is 3. The number of benzene rings is 3. The standard InChI is InChI=1S/C32H25F3N2S/c1-22-6-10-24(11-7-22)14-16-27-19-29(17-15-25-12-8-23(2)9-13-25)37-31(30(27)20-36)38-21-26-4-3-5-28(18-26)32(33,34)35/h3-19H,21H2,1-2H3. The van der Waals surface area contributed by atoms with Crippen LogP contribution in [0.15, 0.2) is 83.9 Å². The maximum Gasteiger partial charge on any atom is 0.416 e. The van der Waals surface area contributed by atoms with Gasteiger partial charge in [-0.05, 0) is 54.3 Å². The fourth-order valence-electron chi connectivity index (χ4n) is 3.71. The van der Waals surface area contributed by atoms with E-state index in [1.165, 1.54) is 17.8 Å². The van der Waals surface area contributed by atoms with Gasteiger partial charge in [0.25, 0.3) is 0 Å². The van der Waals surface area contributed by atoms with Crippen molar-refractivity contribution < 1.29 is 13.2 Å². The second-order valence-corrected chi connectivity index (χ2v) is 9.87. The Kier molecular flexibility index (Phi) is 8.50. The smallest absolute Gasteiger partial charge is 0.241 e. The van der Waals surface area contributed by atoms with Crippen LogP contribution in [0.5, 0.6) is 0 Å². The zero-order valence-electron chi connectivity index (χ0n) is 21.0. The molecule has 0 atom stereocenters. The first-order valence-electron chi connectivity index (χ1n) is 11.9. The van der Waals surface area contributed by atoms with Crippen molar-refractivity contribution in [1.29, 1.82) is 5.26 Å². The Hall–Kier alpha value is -4.08. The van der Waals surface area contributed by atoms with Crippen LogP contribution in [0.4, 0.5) is 13.2 Å². The number of nitrogens with zero attached hydrogens (tertiary/aromatic N) is 2. The number of thioether (sulfide) groups is 1. The molecule has 38 heavy (non-hydrogen) atoms. The van der Waals surface area contributed by atoms with Crippen molar-refractivity contribution in [3.05, 3.63) is 129 Å². The van der Waals surface area contributed by atoms with Gasteiger partial charge in [0.1, 0.15) is 11.1 Å². The van der Waals surface area contributed by atoms with E-state index in [0.29, 0.717) is 27.4 Å². The fourth-order valence-corrected chi connectivity index (χ4v) is 4.67. The van der Waals surface area contributed by atoms with Crippen molar-refractivity contribution in [2.45, 2.75) is 30.8 Å². The third-order valence-corrected chi connectivity index (χ3v) is 6.88. The van der Waals surface area contributed by atoms with Crippen LogP contribution in [0, 0.1) is 25.2 Å². The van der Waals surface area contributed by atoms with E-state index in [0.717, 1.165) is 34.4 Å². The molecule has 1 heterocycles. The summed E-state index contributed by atoms with van der Waals surface area (Å²) in [5, 5.41) is 10.5. The molecule has 0 bridgehead atoms. The molecular formula is C32H25F3N2S. The molecule has 4 aromatic rings. The molecule has 0 aliphatic heterocycles. The molecule has 4 rings (SSSR count). The Balaban J connectivity index is 1.69. The van der Waals surface area contributed by atoms with Gasteiger partial charge in [0.2, 0.25) is 0 Å². The molecule has 1 aromatic heterocycles. The molecule has 0 radical (unpaired) electrons. The Morgan fingerprint density at radius 2 is 1.42 bits per heavy atom. The molecule has 0 saturated heterocycles. The van der Waals surface area contributed by atoms with Crippen LogP contribution in [-0.2, 0) is 11.9 Å². The summed E-state index contributed by atoms with van der Waals surface area (Å²) in [6.07, 6.45) is 3.23. The Morgan fingerprint density at radius 1 is 0.816 bits per heavy atom. The first-order chi connectivity index (χ1) is 18.2. The van der Waals surface area contributed by atoms with Gasteiger partial charge < -0.3 is 0 Å². The van der Waals surface area contributed by atoms with Crippen molar-refractivity contribution in [3.63, 3.8) is 0 Å². The zero-order chi connectivity index (χ0) is 27.1. The molecule has 0 spiro atoms. The van der Waals surface area contributed by atoms with Gasteiger partial charge in [0.15, 0.2) is 0 Å². The number of pyridine rings is 1. The summed E-state index contributed by atoms with van der Waals surface area (Å²) in [6, 6.07) is 25.4. The van der Waals surface area contributed by atoms with Crippen molar-refractivity contribution in [2.75, 3.05) is 0 Å². The van der Waals surface area contributed by atoms with Crippen molar-refractivity contribution >= 4 is 36.1 Å². The second kappa shape index (κ2) is 12.0. The molecule has 2 nitrogen and oxygen atoms in total. The number of halogens is 3. The van der Waals surface area contributed by atoms with Crippen LogP contribution < -0.4 is 0 Å². The first kappa shape index (κ1) is 27.0. The maximum atomic E-state index is 13.2. The summed E-state index contributed by atoms with van der Waals surface area (Å²) in [7, 11) is 0. The van der Waals surface area contributed by atoms with Gasteiger partial charge in [-0.1, -0.05) is 96.1 Å². The molecule has 6 heteroatoms. The lowest BCUT2D eigenvalue weighted by atomic mass is 10.1. The highest BCUT2D eigenvalue weighted by Gasteiger charge is 2.30. The van der Waals surface area contributed by atoms with Gasteiger partial charge >= 0.3 is 6.18 Å². The average molecular weight is 527 g/mol. The minimum atomic E-state index is -4.41. The molecule has 0 amide bonds. The van der Waals surface area contributed by atoms with Crippen molar-refractivity contribution in [3.8, 4) is 6.07 Å². The summed E-state index contributed by atoms with van der Waals surface area (Å²) in [4.78, 5) is 4.69. The van der Waals surface area contributed by atoms with E-state index in [4.69, 9.17) is 0 Å². The minimum Gasteiger partial charge on any atom is -0.241 e. The highest BCUT2D eigenvalue weighted by Crippen LogP contribution is 2.32. The van der Waals surface area contributed by atoms with Gasteiger partial charge in [-0.2, -0.15) is 18.4 Å². The summed E-state index contributed by atoms with van der Waals surface area (Å²) in [5.74, 6) is 0.248. The van der Waals surface area contributed by atoms with E-state index < -0.39 is 11.7 Å². The van der Waals surface area contributed by atoms with E-state index in [2.05, 4.69) is 11.1 Å². The summed E-state index contributed by atoms with van der Waals surface area (Å²) in [5.41, 5.74) is 5.86. The van der Waals surface area contributed by atoms with Gasteiger partial charge in [0.05, 0.1) is 16.8 Å². The number of hydrogen-bond donors (Lipinski definition) is 0. The highest BCUT2D eigenvalue weighted by atomic mass is 32.2. The summed E-state index contributed by atoms with van der Waals surface area (Å²) < 4.78 is 39.5. The maximum absolute atomic E-state index is 13.2. The third kappa shape index (κ3) is 7.24. The Morgan fingerprint density at radius 3 is 2.00 bits per heavy atom. The normalized spacial score (nSPS) is 11.8. The predicted octanol–water partition coefficient (Wildman–Crippen LogP) is 9.22. The van der Waals surface area contributed by atoms with Crippen molar-refractivity contribution in [2.24, 2.45) is 0 Å². The van der Waals surface area contributed by atoms with Crippen LogP contribution in [0.1, 0.15) is 50.2 Å². The SMILES string of the molecule is Cc1ccc(C=Cc2cc(C=Cc3ccc(C)cc3)c(C#N)c(SCc3cccc(C(F)(F)F)c3)n2)cc1. The minimum absolute atomic E-state index is 0.248. The van der Waals surface area contributed by atoms with E-state index >= 15 is 0 Å². The summed E-state index contributed by atoms with van der Waals surface area (Å²) >= 11 is 1.25. The molecule has 0 saturated carbocycles. The predicted molar refractivity (Wildman–Crippen MR) is 150 cm³/mol. The number of aromatic nitrogens is 1. The topological polar surface area (TPSA) is 36.7 Å². The van der Waals surface area contributed by atoms with Gasteiger partial charge in [0, 0.05) is 5.75 Å². The number of rotatable bonds is 7. The molecule has 0 N–H and O–H groups in total. The van der Waals surface area contributed by atoms with Crippen molar-refractivity contribution in [1.82, 2.24) is 4.98 Å². The fraction of sp³-hybridized carbons (Fsp3) is 0.125. The molecule has 0 unspecified atom stereocenters. The summed E-state index contributed by atoms with van der Waals surface area (Å²) in [6.45, 7) is 4.04. The average Bonchev–Trinajstić information content (AvgIpc) is 2.91. The van der Waals surface area contributed by atoms with Crippen LogP contribution in [0.25, 0.3) is 24.3 Å². The molecule has 0 aliphatic carbocycles. The van der Waals surface area contributed by atoms with E-state index in [-0.39, 0.29) is 5.75 Å². The first-order valence-corrected chi connectivity index (χ1v) is 12.9. The highest BCUT2D eigenvalue weighted by molar-refractivity contribution is 7.98. The monoisotopic (exact) mass is 526 g/mol. The molecular weight excluding hydrogens is 501 g/mol.